The van der Waals surface area contributed by atoms with Gasteiger partial charge in [-0.2, -0.15) is 5.26 Å². The first kappa shape index (κ1) is 12.2. The Morgan fingerprint density at radius 2 is 2.39 bits per heavy atom. The fraction of sp³-hybridized carbons (Fsp3) is 0.333. The highest BCUT2D eigenvalue weighted by Crippen LogP contribution is 2.28. The molecule has 0 spiro atoms. The average molecular weight is 247 g/mol. The summed E-state index contributed by atoms with van der Waals surface area (Å²) in [6.45, 7) is 1.41. The summed E-state index contributed by atoms with van der Waals surface area (Å²) in [5.41, 5.74) is 6.80. The maximum absolute atomic E-state index is 11.0. The monoisotopic (exact) mass is 247 g/mol. The van der Waals surface area contributed by atoms with Crippen molar-refractivity contribution in [1.29, 1.82) is 5.26 Å². The van der Waals surface area contributed by atoms with Crippen LogP contribution in [0.5, 0.6) is 0 Å². The number of nitrogens with two attached hydrogens (primary N) is 1. The Labute approximate surface area is 104 Å². The van der Waals surface area contributed by atoms with Gasteiger partial charge in [-0.3, -0.25) is 0 Å². The third-order valence-corrected chi connectivity index (χ3v) is 2.86. The first-order valence-electron chi connectivity index (χ1n) is 5.51. The molecule has 1 unspecified atom stereocenters. The molecule has 1 aromatic carbocycles. The van der Waals surface area contributed by atoms with Crippen molar-refractivity contribution >= 4 is 17.3 Å². The number of carboxylic acid groups (broad SMARTS) is 1. The quantitative estimate of drug-likeness (QED) is 0.746. The molecular weight excluding hydrogens is 234 g/mol. The lowest BCUT2D eigenvalue weighted by molar-refractivity contribution is 0.0698. The van der Waals surface area contributed by atoms with E-state index in [-0.39, 0.29) is 11.3 Å². The minimum Gasteiger partial charge on any atom is -0.478 e. The number of nitrogens with zero attached hydrogens (tertiary/aromatic N) is 2. The van der Waals surface area contributed by atoms with E-state index in [1.165, 1.54) is 6.07 Å². The van der Waals surface area contributed by atoms with Crippen LogP contribution in [-0.2, 0) is 4.74 Å². The highest BCUT2D eigenvalue weighted by molar-refractivity contribution is 5.97. The Morgan fingerprint density at radius 1 is 1.61 bits per heavy atom. The van der Waals surface area contributed by atoms with Crippen LogP contribution in [0.1, 0.15) is 10.4 Å². The van der Waals surface area contributed by atoms with Gasteiger partial charge in [-0.25, -0.2) is 4.79 Å². The minimum absolute atomic E-state index is 0.0764. The molecule has 1 aliphatic rings. The Hall–Kier alpha value is -2.26. The molecule has 0 amide bonds. The van der Waals surface area contributed by atoms with Gasteiger partial charge in [-0.1, -0.05) is 6.07 Å². The van der Waals surface area contributed by atoms with Crippen molar-refractivity contribution in [1.82, 2.24) is 0 Å². The first-order valence-corrected chi connectivity index (χ1v) is 5.51. The van der Waals surface area contributed by atoms with E-state index < -0.39 is 12.1 Å². The van der Waals surface area contributed by atoms with Gasteiger partial charge in [0.25, 0.3) is 0 Å². The number of carbonyl (C=O) groups is 1. The summed E-state index contributed by atoms with van der Waals surface area (Å²) in [6, 6.07) is 6.90. The lowest BCUT2D eigenvalue weighted by Gasteiger charge is -2.32. The number of morpholine rings is 1. The molecule has 2 rings (SSSR count). The standard InChI is InChI=1S/C12H13N3O3/c13-6-8-7-15(4-5-18-8)10-3-1-2-9(11(10)14)12(16)17/h1-3,8H,4-5,7,14H2,(H,16,17). The second-order valence-corrected chi connectivity index (χ2v) is 3.98. The zero-order chi connectivity index (χ0) is 13.1. The molecule has 0 aliphatic carbocycles. The molecule has 0 radical (unpaired) electrons. The minimum atomic E-state index is -1.06. The summed E-state index contributed by atoms with van der Waals surface area (Å²) in [6.07, 6.45) is -0.508. The van der Waals surface area contributed by atoms with E-state index in [0.29, 0.717) is 25.4 Å². The number of hydrogen-bond acceptors (Lipinski definition) is 5. The molecule has 1 aliphatic heterocycles. The van der Waals surface area contributed by atoms with Gasteiger partial charge in [0.15, 0.2) is 6.10 Å². The highest BCUT2D eigenvalue weighted by atomic mass is 16.5. The first-order chi connectivity index (χ1) is 8.63. The second kappa shape index (κ2) is 4.94. The largest absolute Gasteiger partial charge is 0.478 e. The summed E-state index contributed by atoms with van der Waals surface area (Å²) in [4.78, 5) is 12.9. The van der Waals surface area contributed by atoms with Crippen molar-refractivity contribution in [2.24, 2.45) is 0 Å². The number of nitrogen functional groups attached to an aromatic ring is 1. The molecule has 1 fully saturated rings. The predicted molar refractivity (Wildman–Crippen MR) is 65.4 cm³/mol. The number of aromatic carboxylic acids is 1. The van der Waals surface area contributed by atoms with E-state index in [1.54, 1.807) is 12.1 Å². The fourth-order valence-corrected chi connectivity index (χ4v) is 1.96. The molecule has 1 atom stereocenters. The molecule has 3 N–H and O–H groups in total. The smallest absolute Gasteiger partial charge is 0.337 e. The Morgan fingerprint density at radius 3 is 3.06 bits per heavy atom. The molecule has 94 valence electrons. The molecule has 1 heterocycles. The highest BCUT2D eigenvalue weighted by Gasteiger charge is 2.23. The SMILES string of the molecule is N#CC1CN(c2cccc(C(=O)O)c2N)CCO1. The lowest BCUT2D eigenvalue weighted by atomic mass is 10.1. The van der Waals surface area contributed by atoms with Gasteiger partial charge >= 0.3 is 5.97 Å². The van der Waals surface area contributed by atoms with E-state index in [2.05, 4.69) is 0 Å². The maximum Gasteiger partial charge on any atom is 0.337 e. The van der Waals surface area contributed by atoms with Crippen molar-refractivity contribution in [3.05, 3.63) is 23.8 Å². The zero-order valence-electron chi connectivity index (χ0n) is 9.67. The van der Waals surface area contributed by atoms with Crippen LogP contribution >= 0.6 is 0 Å². The maximum atomic E-state index is 11.0. The van der Waals surface area contributed by atoms with Crippen LogP contribution in [0.25, 0.3) is 0 Å². The fourth-order valence-electron chi connectivity index (χ4n) is 1.96. The Balaban J connectivity index is 2.31. The van der Waals surface area contributed by atoms with Gasteiger partial charge in [-0.15, -0.1) is 0 Å². The molecule has 0 aromatic heterocycles. The number of benzene rings is 1. The number of carboxylic acids is 1. The van der Waals surface area contributed by atoms with E-state index in [4.69, 9.17) is 20.8 Å². The van der Waals surface area contributed by atoms with Gasteiger partial charge in [0, 0.05) is 6.54 Å². The normalized spacial score (nSPS) is 19.3. The van der Waals surface area contributed by atoms with Gasteiger partial charge < -0.3 is 20.5 Å². The molecule has 18 heavy (non-hydrogen) atoms. The summed E-state index contributed by atoms with van der Waals surface area (Å²) < 4.78 is 5.24. The van der Waals surface area contributed by atoms with Crippen LogP contribution in [0.15, 0.2) is 18.2 Å². The van der Waals surface area contributed by atoms with Crippen molar-refractivity contribution in [3.63, 3.8) is 0 Å². The number of ether oxygens (including phenoxy) is 1. The third kappa shape index (κ3) is 2.21. The van der Waals surface area contributed by atoms with Crippen LogP contribution in [0.2, 0.25) is 0 Å². The Bertz CT molecular complexity index is 510. The van der Waals surface area contributed by atoms with Crippen LogP contribution in [0.4, 0.5) is 11.4 Å². The second-order valence-electron chi connectivity index (χ2n) is 3.98. The lowest BCUT2D eigenvalue weighted by Crippen LogP contribution is -2.42. The number of nitriles is 1. The van der Waals surface area contributed by atoms with Crippen LogP contribution in [0.3, 0.4) is 0 Å². The summed E-state index contributed by atoms with van der Waals surface area (Å²) in [5, 5.41) is 17.9. The van der Waals surface area contributed by atoms with Gasteiger partial charge in [0.2, 0.25) is 0 Å². The van der Waals surface area contributed by atoms with Crippen molar-refractivity contribution in [3.8, 4) is 6.07 Å². The van der Waals surface area contributed by atoms with Crippen molar-refractivity contribution in [2.45, 2.75) is 6.10 Å². The van der Waals surface area contributed by atoms with E-state index in [1.807, 2.05) is 11.0 Å². The van der Waals surface area contributed by atoms with Crippen molar-refractivity contribution < 1.29 is 14.6 Å². The molecule has 6 nitrogen and oxygen atoms in total. The molecule has 1 aromatic rings. The summed E-state index contributed by atoms with van der Waals surface area (Å²) in [7, 11) is 0. The topological polar surface area (TPSA) is 99.6 Å². The van der Waals surface area contributed by atoms with Crippen LogP contribution in [0, 0.1) is 11.3 Å². The van der Waals surface area contributed by atoms with Gasteiger partial charge in [-0.05, 0) is 12.1 Å². The molecule has 1 saturated heterocycles. The zero-order valence-corrected chi connectivity index (χ0v) is 9.67. The summed E-state index contributed by atoms with van der Waals surface area (Å²) >= 11 is 0. The van der Waals surface area contributed by atoms with Crippen LogP contribution < -0.4 is 10.6 Å². The number of hydrogen-bond donors (Lipinski definition) is 2. The Kier molecular flexibility index (Phi) is 3.35. The molecule has 6 heteroatoms. The van der Waals surface area contributed by atoms with E-state index in [0.717, 1.165) is 0 Å². The summed E-state index contributed by atoms with van der Waals surface area (Å²) in [5.74, 6) is -1.06. The predicted octanol–water partition coefficient (Wildman–Crippen LogP) is 0.696. The van der Waals surface area contributed by atoms with Crippen molar-refractivity contribution in [2.75, 3.05) is 30.3 Å². The van der Waals surface area contributed by atoms with E-state index in [9.17, 15) is 4.79 Å². The van der Waals surface area contributed by atoms with Crippen LogP contribution in [-0.4, -0.2) is 36.9 Å². The van der Waals surface area contributed by atoms with E-state index >= 15 is 0 Å². The van der Waals surface area contributed by atoms with Gasteiger partial charge in [0.1, 0.15) is 0 Å². The molecule has 0 bridgehead atoms. The van der Waals surface area contributed by atoms with Gasteiger partial charge in [0.05, 0.1) is 36.2 Å². The molecular formula is C12H13N3O3. The number of anilines is 2. The number of rotatable bonds is 2. The number of para-hydroxylation sites is 1. The molecule has 0 saturated carbocycles. The third-order valence-electron chi connectivity index (χ3n) is 2.86. The average Bonchev–Trinajstić information content (AvgIpc) is 2.38.